The first-order valence-electron chi connectivity index (χ1n) is 12.4. The molecule has 1 fully saturated rings. The Kier molecular flexibility index (Phi) is 7.58. The van der Waals surface area contributed by atoms with Crippen LogP contribution in [0, 0.1) is 12.7 Å². The summed E-state index contributed by atoms with van der Waals surface area (Å²) in [6, 6.07) is 14.8. The number of benzene rings is 2. The number of piperidine rings is 1. The van der Waals surface area contributed by atoms with Crippen LogP contribution in [0.15, 0.2) is 71.1 Å². The Bertz CT molecular complexity index is 1530. The zero-order valence-corrected chi connectivity index (χ0v) is 23.0. The fourth-order valence-electron chi connectivity index (χ4n) is 4.75. The number of halogens is 1. The van der Waals surface area contributed by atoms with Crippen LogP contribution in [-0.4, -0.2) is 53.8 Å². The van der Waals surface area contributed by atoms with Gasteiger partial charge in [0.25, 0.3) is 0 Å². The van der Waals surface area contributed by atoms with Gasteiger partial charge in [-0.05, 0) is 92.4 Å². The van der Waals surface area contributed by atoms with E-state index in [1.165, 1.54) is 28.6 Å². The quantitative estimate of drug-likeness (QED) is 0.318. The van der Waals surface area contributed by atoms with Crippen LogP contribution >= 0.6 is 11.3 Å². The van der Waals surface area contributed by atoms with E-state index in [4.69, 9.17) is 5.73 Å². The summed E-state index contributed by atoms with van der Waals surface area (Å²) in [7, 11) is -1.61. The molecule has 2 aromatic carbocycles. The van der Waals surface area contributed by atoms with E-state index >= 15 is 0 Å². The summed E-state index contributed by atoms with van der Waals surface area (Å²) in [5, 5.41) is 2.11. The van der Waals surface area contributed by atoms with Gasteiger partial charge in [0.1, 0.15) is 5.82 Å². The van der Waals surface area contributed by atoms with Gasteiger partial charge in [0.15, 0.2) is 5.82 Å². The average Bonchev–Trinajstić information content (AvgIpc) is 3.33. The molecule has 5 rings (SSSR count). The highest BCUT2D eigenvalue weighted by atomic mass is 32.2. The summed E-state index contributed by atoms with van der Waals surface area (Å²) in [5.41, 5.74) is 9.66. The molecule has 198 valence electrons. The van der Waals surface area contributed by atoms with Crippen LogP contribution in [-0.2, 0) is 16.6 Å². The predicted molar refractivity (Wildman–Crippen MR) is 150 cm³/mol. The number of thiophene rings is 1. The van der Waals surface area contributed by atoms with Crippen molar-refractivity contribution in [3.63, 3.8) is 0 Å². The predicted octanol–water partition coefficient (Wildman–Crippen LogP) is 5.19. The van der Waals surface area contributed by atoms with Crippen molar-refractivity contribution in [1.29, 1.82) is 0 Å². The van der Waals surface area contributed by atoms with Gasteiger partial charge >= 0.3 is 0 Å². The average molecular weight is 552 g/mol. The Morgan fingerprint density at radius 1 is 1.11 bits per heavy atom. The molecular formula is C28H30FN5O2S2. The summed E-state index contributed by atoms with van der Waals surface area (Å²) in [4.78, 5) is 12.8. The van der Waals surface area contributed by atoms with Crippen LogP contribution < -0.4 is 5.73 Å². The van der Waals surface area contributed by atoms with Gasteiger partial charge in [0.05, 0.1) is 10.6 Å². The molecule has 0 aliphatic carbocycles. The van der Waals surface area contributed by atoms with E-state index < -0.39 is 10.0 Å². The molecule has 3 heterocycles. The lowest BCUT2D eigenvalue weighted by Crippen LogP contribution is -2.45. The molecule has 10 heteroatoms. The van der Waals surface area contributed by atoms with Gasteiger partial charge in [0, 0.05) is 53.6 Å². The second-order valence-corrected chi connectivity index (χ2v) is 12.5. The highest BCUT2D eigenvalue weighted by Crippen LogP contribution is 2.31. The van der Waals surface area contributed by atoms with Crippen molar-refractivity contribution < 1.29 is 12.8 Å². The minimum Gasteiger partial charge on any atom is -0.398 e. The largest absolute Gasteiger partial charge is 0.398 e. The maximum Gasteiger partial charge on any atom is 0.243 e. The Hall–Kier alpha value is -3.18. The number of nitrogens with zero attached hydrogens (tertiary/aromatic N) is 4. The third-order valence-electron chi connectivity index (χ3n) is 7.11. The number of hydrogen-bond acceptors (Lipinski definition) is 7. The van der Waals surface area contributed by atoms with Gasteiger partial charge in [-0.2, -0.15) is 4.31 Å². The van der Waals surface area contributed by atoms with E-state index in [-0.39, 0.29) is 10.7 Å². The van der Waals surface area contributed by atoms with Crippen molar-refractivity contribution in [2.24, 2.45) is 0 Å². The maximum absolute atomic E-state index is 13.6. The molecule has 0 unspecified atom stereocenters. The number of aromatic nitrogens is 2. The second kappa shape index (κ2) is 10.9. The fraction of sp³-hybridized carbons (Fsp3) is 0.286. The first kappa shape index (κ1) is 26.4. The molecule has 1 aliphatic rings. The molecule has 4 aromatic rings. The zero-order chi connectivity index (χ0) is 26.9. The molecule has 7 nitrogen and oxygen atoms in total. The van der Waals surface area contributed by atoms with Gasteiger partial charge in [-0.25, -0.2) is 22.8 Å². The summed E-state index contributed by atoms with van der Waals surface area (Å²) in [6.45, 7) is 3.91. The zero-order valence-electron chi connectivity index (χ0n) is 21.3. The van der Waals surface area contributed by atoms with Crippen molar-refractivity contribution in [2.45, 2.75) is 37.2 Å². The maximum atomic E-state index is 13.6. The number of rotatable bonds is 7. The molecule has 0 radical (unpaired) electrons. The first-order chi connectivity index (χ1) is 18.2. The van der Waals surface area contributed by atoms with E-state index in [0.717, 1.165) is 24.9 Å². The van der Waals surface area contributed by atoms with Crippen molar-refractivity contribution in [3.05, 3.63) is 82.4 Å². The second-order valence-electron chi connectivity index (χ2n) is 9.60. The molecule has 1 saturated heterocycles. The molecule has 0 bridgehead atoms. The summed E-state index contributed by atoms with van der Waals surface area (Å²) >= 11 is 1.76. The Labute approximate surface area is 226 Å². The molecule has 1 aliphatic heterocycles. The third kappa shape index (κ3) is 5.49. The van der Waals surface area contributed by atoms with Crippen LogP contribution in [0.3, 0.4) is 0 Å². The number of anilines is 1. The molecule has 0 spiro atoms. The number of aryl methyl sites for hydroxylation is 1. The van der Waals surface area contributed by atoms with E-state index in [2.05, 4.69) is 40.3 Å². The normalized spacial score (nSPS) is 15.3. The van der Waals surface area contributed by atoms with E-state index in [0.29, 0.717) is 41.9 Å². The van der Waals surface area contributed by atoms with E-state index in [1.807, 2.05) is 0 Å². The van der Waals surface area contributed by atoms with Crippen molar-refractivity contribution >= 4 is 27.0 Å². The lowest BCUT2D eigenvalue weighted by Gasteiger charge is -2.36. The van der Waals surface area contributed by atoms with Gasteiger partial charge in [-0.15, -0.1) is 11.3 Å². The van der Waals surface area contributed by atoms with E-state index in [9.17, 15) is 12.8 Å². The third-order valence-corrected chi connectivity index (χ3v) is 10.0. The van der Waals surface area contributed by atoms with Crippen LogP contribution in [0.2, 0.25) is 0 Å². The van der Waals surface area contributed by atoms with Crippen molar-refractivity contribution in [3.8, 4) is 22.6 Å². The lowest BCUT2D eigenvalue weighted by atomic mass is 10.1. The molecule has 2 N–H and O–H groups in total. The molecule has 38 heavy (non-hydrogen) atoms. The van der Waals surface area contributed by atoms with Crippen LogP contribution in [0.1, 0.15) is 23.3 Å². The smallest absolute Gasteiger partial charge is 0.243 e. The van der Waals surface area contributed by atoms with Gasteiger partial charge < -0.3 is 5.73 Å². The summed E-state index contributed by atoms with van der Waals surface area (Å²) in [5.74, 6) is -0.0240. The molecular weight excluding hydrogens is 521 g/mol. The van der Waals surface area contributed by atoms with Gasteiger partial charge in [-0.3, -0.25) is 4.90 Å². The van der Waals surface area contributed by atoms with Crippen molar-refractivity contribution in [2.75, 3.05) is 25.9 Å². The number of nitrogens with two attached hydrogens (primary N) is 1. The van der Waals surface area contributed by atoms with E-state index in [1.54, 1.807) is 52.2 Å². The standard InChI is InChI=1S/C28H30FN5O2S2/c1-19-12-16-37-27(19)18-33(2)22-10-14-34(15-11-22)38(35,36)23-7-8-25(30)24(17-23)28-31-13-9-26(32-28)20-3-5-21(29)6-4-20/h3-9,12-13,16-17,22H,10-11,14-15,18,30H2,1-2H3. The molecule has 0 atom stereocenters. The van der Waals surface area contributed by atoms with Crippen LogP contribution in [0.5, 0.6) is 0 Å². The van der Waals surface area contributed by atoms with Crippen molar-refractivity contribution in [1.82, 2.24) is 19.2 Å². The molecule has 0 saturated carbocycles. The topological polar surface area (TPSA) is 92.4 Å². The lowest BCUT2D eigenvalue weighted by molar-refractivity contribution is 0.163. The minimum atomic E-state index is -3.72. The minimum absolute atomic E-state index is 0.165. The Balaban J connectivity index is 1.33. The number of sulfonamides is 1. The molecule has 2 aromatic heterocycles. The monoisotopic (exact) mass is 551 g/mol. The molecule has 0 amide bonds. The first-order valence-corrected chi connectivity index (χ1v) is 14.8. The number of hydrogen-bond donors (Lipinski definition) is 1. The highest BCUT2D eigenvalue weighted by Gasteiger charge is 2.31. The Morgan fingerprint density at radius 2 is 1.84 bits per heavy atom. The van der Waals surface area contributed by atoms with Crippen LogP contribution in [0.4, 0.5) is 10.1 Å². The summed E-state index contributed by atoms with van der Waals surface area (Å²) in [6.07, 6.45) is 3.12. The van der Waals surface area contributed by atoms with Gasteiger partial charge in [-0.1, -0.05) is 0 Å². The fourth-order valence-corrected chi connectivity index (χ4v) is 7.22. The SMILES string of the molecule is Cc1ccsc1CN(C)C1CCN(S(=O)(=O)c2ccc(N)c(-c3nccc(-c4ccc(F)cc4)n3)c2)CC1. The highest BCUT2D eigenvalue weighted by molar-refractivity contribution is 7.89. The Morgan fingerprint density at radius 3 is 2.53 bits per heavy atom. The van der Waals surface area contributed by atoms with Gasteiger partial charge in [0.2, 0.25) is 10.0 Å². The summed E-state index contributed by atoms with van der Waals surface area (Å²) < 4.78 is 42.1. The number of nitrogen functional groups attached to an aromatic ring is 1. The van der Waals surface area contributed by atoms with Crippen LogP contribution in [0.25, 0.3) is 22.6 Å².